The van der Waals surface area contributed by atoms with Crippen LogP contribution in [0.15, 0.2) is 35.7 Å². The molecule has 7 heteroatoms. The van der Waals surface area contributed by atoms with Gasteiger partial charge in [0, 0.05) is 10.9 Å². The number of thiazole rings is 1. The molecule has 3 rings (SSSR count). The van der Waals surface area contributed by atoms with Crippen molar-refractivity contribution in [3.05, 3.63) is 41.4 Å². The van der Waals surface area contributed by atoms with Crippen molar-refractivity contribution in [2.75, 3.05) is 12.0 Å². The molecule has 0 bridgehead atoms. The number of carbonyl (C=O) groups is 1. The summed E-state index contributed by atoms with van der Waals surface area (Å²) in [5.74, 6) is 0.993. The van der Waals surface area contributed by atoms with Gasteiger partial charge in [0.25, 0.3) is 5.91 Å². The topological polar surface area (TPSA) is 45.2 Å². The summed E-state index contributed by atoms with van der Waals surface area (Å²) in [6.07, 6.45) is 2.83. The predicted octanol–water partition coefficient (Wildman–Crippen LogP) is 3.15. The molecule has 0 saturated carbocycles. The molecule has 1 aromatic carbocycles. The molecule has 2 heterocycles. The first-order valence-electron chi connectivity index (χ1n) is 7.29. The fourth-order valence-electron chi connectivity index (χ4n) is 2.41. The van der Waals surface area contributed by atoms with Gasteiger partial charge in [0.1, 0.15) is 11.0 Å². The van der Waals surface area contributed by atoms with Gasteiger partial charge in [-0.25, -0.2) is 4.98 Å². The first-order valence-corrected chi connectivity index (χ1v) is 9.98. The molecule has 1 saturated heterocycles. The maximum atomic E-state index is 12.4. The van der Waals surface area contributed by atoms with E-state index in [0.29, 0.717) is 11.7 Å². The highest BCUT2D eigenvalue weighted by Gasteiger charge is 2.35. The average Bonchev–Trinajstić information content (AvgIpc) is 3.14. The number of hydrogen-bond donors (Lipinski definition) is 1. The minimum atomic E-state index is -0.192. The van der Waals surface area contributed by atoms with E-state index in [-0.39, 0.29) is 11.9 Å². The van der Waals surface area contributed by atoms with E-state index in [0.717, 1.165) is 28.4 Å². The van der Waals surface area contributed by atoms with Crippen LogP contribution in [0.2, 0.25) is 0 Å². The molecular weight excluding hydrogens is 346 g/mol. The molecule has 23 heavy (non-hydrogen) atoms. The molecular formula is C16H17N3OS3. The number of hydrogen-bond acceptors (Lipinski definition) is 5. The zero-order valence-corrected chi connectivity index (χ0v) is 15.1. The van der Waals surface area contributed by atoms with Crippen LogP contribution in [0.4, 0.5) is 0 Å². The van der Waals surface area contributed by atoms with Gasteiger partial charge in [0.15, 0.2) is 5.11 Å². The summed E-state index contributed by atoms with van der Waals surface area (Å²) in [5.41, 5.74) is 1.96. The SMILES string of the molecule is CSCC[C@H]1NC(=S)N(Cc2csc(-c3ccccc3)n2)C1=O. The lowest BCUT2D eigenvalue weighted by Crippen LogP contribution is -2.31. The molecule has 1 atom stereocenters. The van der Waals surface area contributed by atoms with Gasteiger partial charge in [-0.2, -0.15) is 11.8 Å². The highest BCUT2D eigenvalue weighted by atomic mass is 32.2. The Bertz CT molecular complexity index is 702. The number of thiocarbonyl (C=S) groups is 1. The summed E-state index contributed by atoms with van der Waals surface area (Å²) in [6.45, 7) is 0.434. The third-order valence-electron chi connectivity index (χ3n) is 3.61. The standard InChI is InChI=1S/C16H17N3OS3/c1-22-8-7-13-15(20)19(16(21)18-13)9-12-10-23-14(17-12)11-5-3-2-4-6-11/h2-6,10,13H,7-9H2,1H3,(H,18,21)/t13-/m1/s1. The minimum Gasteiger partial charge on any atom is -0.350 e. The van der Waals surface area contributed by atoms with Crippen LogP contribution in [-0.4, -0.2) is 39.0 Å². The molecule has 1 N–H and O–H groups in total. The Morgan fingerprint density at radius 1 is 1.39 bits per heavy atom. The Morgan fingerprint density at radius 2 is 2.17 bits per heavy atom. The first kappa shape index (κ1) is 16.4. The van der Waals surface area contributed by atoms with Crippen molar-refractivity contribution in [3.8, 4) is 10.6 Å². The van der Waals surface area contributed by atoms with Crippen molar-refractivity contribution in [2.45, 2.75) is 19.0 Å². The van der Waals surface area contributed by atoms with E-state index in [9.17, 15) is 4.79 Å². The second-order valence-electron chi connectivity index (χ2n) is 5.22. The summed E-state index contributed by atoms with van der Waals surface area (Å²) >= 11 is 8.63. The van der Waals surface area contributed by atoms with E-state index in [4.69, 9.17) is 12.2 Å². The highest BCUT2D eigenvalue weighted by molar-refractivity contribution is 7.98. The van der Waals surface area contributed by atoms with Crippen molar-refractivity contribution in [1.29, 1.82) is 0 Å². The van der Waals surface area contributed by atoms with E-state index >= 15 is 0 Å². The Morgan fingerprint density at radius 3 is 2.91 bits per heavy atom. The van der Waals surface area contributed by atoms with Gasteiger partial charge in [0.05, 0.1) is 12.2 Å². The van der Waals surface area contributed by atoms with Gasteiger partial charge in [-0.05, 0) is 30.6 Å². The number of carbonyl (C=O) groups excluding carboxylic acids is 1. The number of benzene rings is 1. The van der Waals surface area contributed by atoms with Crippen LogP contribution >= 0.6 is 35.3 Å². The zero-order valence-electron chi connectivity index (χ0n) is 12.7. The molecule has 0 radical (unpaired) electrons. The fraction of sp³-hybridized carbons (Fsp3) is 0.312. The minimum absolute atomic E-state index is 0.0540. The number of nitrogens with one attached hydrogen (secondary N) is 1. The van der Waals surface area contributed by atoms with E-state index in [1.807, 2.05) is 42.0 Å². The summed E-state index contributed by atoms with van der Waals surface area (Å²) < 4.78 is 0. The van der Waals surface area contributed by atoms with Crippen LogP contribution in [0.5, 0.6) is 0 Å². The van der Waals surface area contributed by atoms with E-state index in [1.165, 1.54) is 0 Å². The van der Waals surface area contributed by atoms with Crippen LogP contribution in [-0.2, 0) is 11.3 Å². The van der Waals surface area contributed by atoms with Crippen LogP contribution in [0.25, 0.3) is 10.6 Å². The van der Waals surface area contributed by atoms with Crippen LogP contribution in [0.3, 0.4) is 0 Å². The lowest BCUT2D eigenvalue weighted by atomic mass is 10.2. The predicted molar refractivity (Wildman–Crippen MR) is 101 cm³/mol. The van der Waals surface area contributed by atoms with Crippen LogP contribution in [0, 0.1) is 0 Å². The average molecular weight is 364 g/mol. The Kier molecular flexibility index (Phi) is 5.30. The van der Waals surface area contributed by atoms with Gasteiger partial charge >= 0.3 is 0 Å². The summed E-state index contributed by atoms with van der Waals surface area (Å²) in [7, 11) is 0. The number of rotatable bonds is 6. The molecule has 1 amide bonds. The molecule has 0 unspecified atom stereocenters. The van der Waals surface area contributed by atoms with Crippen LogP contribution in [0.1, 0.15) is 12.1 Å². The third-order valence-corrected chi connectivity index (χ3v) is 5.53. The van der Waals surface area contributed by atoms with Gasteiger partial charge < -0.3 is 5.32 Å². The van der Waals surface area contributed by atoms with Crippen LogP contribution < -0.4 is 5.32 Å². The lowest BCUT2D eigenvalue weighted by Gasteiger charge is -2.13. The molecule has 1 aromatic heterocycles. The Labute approximate surface area is 149 Å². The van der Waals surface area contributed by atoms with Gasteiger partial charge in [-0.3, -0.25) is 9.69 Å². The summed E-state index contributed by atoms with van der Waals surface area (Å²) in [4.78, 5) is 18.7. The maximum absolute atomic E-state index is 12.4. The molecule has 0 aliphatic carbocycles. The fourth-order valence-corrected chi connectivity index (χ4v) is 4.00. The molecule has 2 aromatic rings. The third kappa shape index (κ3) is 3.73. The summed E-state index contributed by atoms with van der Waals surface area (Å²) in [6, 6.07) is 9.86. The largest absolute Gasteiger partial charge is 0.350 e. The molecule has 120 valence electrons. The Balaban J connectivity index is 1.69. The molecule has 1 aliphatic heterocycles. The first-order chi connectivity index (χ1) is 11.2. The van der Waals surface area contributed by atoms with Crippen molar-refractivity contribution in [3.63, 3.8) is 0 Å². The number of nitrogens with zero attached hydrogens (tertiary/aromatic N) is 2. The van der Waals surface area contributed by atoms with E-state index in [1.54, 1.807) is 28.0 Å². The van der Waals surface area contributed by atoms with Crippen molar-refractivity contribution < 1.29 is 4.79 Å². The zero-order chi connectivity index (χ0) is 16.2. The molecule has 0 spiro atoms. The van der Waals surface area contributed by atoms with Crippen molar-refractivity contribution >= 4 is 46.3 Å². The molecule has 1 fully saturated rings. The summed E-state index contributed by atoms with van der Waals surface area (Å²) in [5, 5.41) is 6.58. The maximum Gasteiger partial charge on any atom is 0.251 e. The quantitative estimate of drug-likeness (QED) is 0.799. The lowest BCUT2D eigenvalue weighted by molar-refractivity contribution is -0.127. The second-order valence-corrected chi connectivity index (χ2v) is 7.45. The van der Waals surface area contributed by atoms with E-state index < -0.39 is 0 Å². The number of aromatic nitrogens is 1. The number of thioether (sulfide) groups is 1. The van der Waals surface area contributed by atoms with Gasteiger partial charge in [-0.1, -0.05) is 30.3 Å². The Hall–Kier alpha value is -1.44. The van der Waals surface area contributed by atoms with Crippen molar-refractivity contribution in [1.82, 2.24) is 15.2 Å². The van der Waals surface area contributed by atoms with Gasteiger partial charge in [0.2, 0.25) is 0 Å². The van der Waals surface area contributed by atoms with Gasteiger partial charge in [-0.15, -0.1) is 11.3 Å². The van der Waals surface area contributed by atoms with Crippen molar-refractivity contribution in [2.24, 2.45) is 0 Å². The second kappa shape index (κ2) is 7.42. The monoisotopic (exact) mass is 363 g/mol. The molecule has 1 aliphatic rings. The molecule has 4 nitrogen and oxygen atoms in total. The normalized spacial score (nSPS) is 17.6. The van der Waals surface area contributed by atoms with E-state index in [2.05, 4.69) is 10.3 Å². The number of amides is 1. The highest BCUT2D eigenvalue weighted by Crippen LogP contribution is 2.24. The smallest absolute Gasteiger partial charge is 0.251 e.